The van der Waals surface area contributed by atoms with Crippen LogP contribution < -0.4 is 5.32 Å². The summed E-state index contributed by atoms with van der Waals surface area (Å²) in [6.45, 7) is 2.09. The molecule has 1 atom stereocenters. The van der Waals surface area contributed by atoms with Crippen LogP contribution in [-0.4, -0.2) is 28.6 Å². The molecule has 6 heteroatoms. The third-order valence-electron chi connectivity index (χ3n) is 2.38. The monoisotopic (exact) mass is 238 g/mol. The van der Waals surface area contributed by atoms with Gasteiger partial charge in [0.1, 0.15) is 6.04 Å². The van der Waals surface area contributed by atoms with E-state index in [1.807, 2.05) is 0 Å². The molecule has 0 saturated heterocycles. The highest BCUT2D eigenvalue weighted by Gasteiger charge is 2.09. The summed E-state index contributed by atoms with van der Waals surface area (Å²) in [5, 5.41) is 21.9. The average molecular weight is 238 g/mol. The van der Waals surface area contributed by atoms with E-state index in [0.29, 0.717) is 13.0 Å². The second-order valence-electron chi connectivity index (χ2n) is 3.69. The van der Waals surface area contributed by atoms with Crippen LogP contribution in [0, 0.1) is 10.1 Å². The largest absolute Gasteiger partial charge is 0.480 e. The Kier molecular flexibility index (Phi) is 4.59. The topological polar surface area (TPSA) is 92.5 Å². The molecule has 17 heavy (non-hydrogen) atoms. The summed E-state index contributed by atoms with van der Waals surface area (Å²) in [4.78, 5) is 20.5. The molecule has 0 fully saturated rings. The lowest BCUT2D eigenvalue weighted by atomic mass is 10.1. The van der Waals surface area contributed by atoms with Gasteiger partial charge < -0.3 is 10.4 Å². The first-order valence-electron chi connectivity index (χ1n) is 5.20. The number of benzene rings is 1. The van der Waals surface area contributed by atoms with E-state index in [9.17, 15) is 14.9 Å². The Morgan fingerprint density at radius 3 is 2.53 bits per heavy atom. The van der Waals surface area contributed by atoms with Crippen LogP contribution in [-0.2, 0) is 11.2 Å². The minimum absolute atomic E-state index is 0.0561. The van der Waals surface area contributed by atoms with Crippen LogP contribution in [0.4, 0.5) is 5.69 Å². The molecular weight excluding hydrogens is 224 g/mol. The second-order valence-corrected chi connectivity index (χ2v) is 3.69. The van der Waals surface area contributed by atoms with Gasteiger partial charge in [-0.2, -0.15) is 0 Å². The number of hydrogen-bond donors (Lipinski definition) is 2. The standard InChI is InChI=1S/C11H14N2O4/c1-8(11(14)15)12-7-6-9-2-4-10(5-3-9)13(16)17/h2-5,8,12H,6-7H2,1H3,(H,14,15). The van der Waals surface area contributed by atoms with Gasteiger partial charge in [0.15, 0.2) is 0 Å². The molecule has 6 nitrogen and oxygen atoms in total. The fraction of sp³-hybridized carbons (Fsp3) is 0.364. The molecule has 0 heterocycles. The van der Waals surface area contributed by atoms with E-state index >= 15 is 0 Å². The highest BCUT2D eigenvalue weighted by molar-refractivity contribution is 5.72. The van der Waals surface area contributed by atoms with Crippen molar-refractivity contribution in [3.8, 4) is 0 Å². The molecule has 0 aliphatic carbocycles. The predicted octanol–water partition coefficient (Wildman–Crippen LogP) is 1.20. The van der Waals surface area contributed by atoms with Crippen LogP contribution >= 0.6 is 0 Å². The minimum Gasteiger partial charge on any atom is -0.480 e. The van der Waals surface area contributed by atoms with Crippen molar-refractivity contribution in [1.82, 2.24) is 5.32 Å². The molecule has 92 valence electrons. The first-order chi connectivity index (χ1) is 8.00. The Morgan fingerprint density at radius 1 is 1.47 bits per heavy atom. The summed E-state index contributed by atoms with van der Waals surface area (Å²) >= 11 is 0. The van der Waals surface area contributed by atoms with Crippen molar-refractivity contribution in [3.05, 3.63) is 39.9 Å². The lowest BCUT2D eigenvalue weighted by Crippen LogP contribution is -2.34. The lowest BCUT2D eigenvalue weighted by molar-refractivity contribution is -0.384. The molecule has 0 aliphatic rings. The number of carboxylic acid groups (broad SMARTS) is 1. The fourth-order valence-corrected chi connectivity index (χ4v) is 1.30. The number of non-ortho nitro benzene ring substituents is 1. The van der Waals surface area contributed by atoms with Crippen LogP contribution in [0.1, 0.15) is 12.5 Å². The lowest BCUT2D eigenvalue weighted by Gasteiger charge is -2.08. The summed E-state index contributed by atoms with van der Waals surface area (Å²) in [6, 6.07) is 5.63. The number of nitrogens with one attached hydrogen (secondary N) is 1. The summed E-state index contributed by atoms with van der Waals surface area (Å²) < 4.78 is 0. The molecule has 2 N–H and O–H groups in total. The molecule has 0 aliphatic heterocycles. The maximum atomic E-state index is 10.5. The molecular formula is C11H14N2O4. The van der Waals surface area contributed by atoms with Crippen LogP contribution in [0.15, 0.2) is 24.3 Å². The number of carboxylic acids is 1. The Bertz CT molecular complexity index is 402. The zero-order valence-corrected chi connectivity index (χ0v) is 9.42. The van der Waals surface area contributed by atoms with Crippen molar-refractivity contribution < 1.29 is 14.8 Å². The van der Waals surface area contributed by atoms with Gasteiger partial charge in [0.25, 0.3) is 5.69 Å². The van der Waals surface area contributed by atoms with Crippen LogP contribution in [0.2, 0.25) is 0 Å². The summed E-state index contributed by atoms with van der Waals surface area (Å²) in [6.07, 6.45) is 0.635. The summed E-state index contributed by atoms with van der Waals surface area (Å²) in [5.41, 5.74) is 0.987. The Labute approximate surface area is 98.4 Å². The van der Waals surface area contributed by atoms with Gasteiger partial charge in [-0.25, -0.2) is 0 Å². The number of aliphatic carboxylic acids is 1. The van der Waals surface area contributed by atoms with Gasteiger partial charge in [0.2, 0.25) is 0 Å². The Morgan fingerprint density at radius 2 is 2.06 bits per heavy atom. The van der Waals surface area contributed by atoms with Gasteiger partial charge in [-0.15, -0.1) is 0 Å². The molecule has 0 saturated carbocycles. The third-order valence-corrected chi connectivity index (χ3v) is 2.38. The molecule has 1 rings (SSSR count). The van der Waals surface area contributed by atoms with Crippen molar-refractivity contribution in [2.45, 2.75) is 19.4 Å². The van der Waals surface area contributed by atoms with E-state index in [1.165, 1.54) is 12.1 Å². The van der Waals surface area contributed by atoms with E-state index < -0.39 is 16.9 Å². The van der Waals surface area contributed by atoms with Gasteiger partial charge in [0.05, 0.1) is 4.92 Å². The molecule has 0 bridgehead atoms. The number of hydrogen-bond acceptors (Lipinski definition) is 4. The highest BCUT2D eigenvalue weighted by Crippen LogP contribution is 2.11. The van der Waals surface area contributed by atoms with Gasteiger partial charge >= 0.3 is 5.97 Å². The minimum atomic E-state index is -0.895. The highest BCUT2D eigenvalue weighted by atomic mass is 16.6. The number of carbonyl (C=O) groups is 1. The van der Waals surface area contributed by atoms with Crippen molar-refractivity contribution >= 4 is 11.7 Å². The normalized spacial score (nSPS) is 12.1. The van der Waals surface area contributed by atoms with Crippen molar-refractivity contribution in [2.24, 2.45) is 0 Å². The number of nitro benzene ring substituents is 1. The zero-order chi connectivity index (χ0) is 12.8. The summed E-state index contributed by atoms with van der Waals surface area (Å²) in [5.74, 6) is -0.895. The SMILES string of the molecule is CC(NCCc1ccc([N+](=O)[O-])cc1)C(=O)O. The van der Waals surface area contributed by atoms with E-state index in [2.05, 4.69) is 5.32 Å². The molecule has 0 radical (unpaired) electrons. The van der Waals surface area contributed by atoms with E-state index in [-0.39, 0.29) is 5.69 Å². The van der Waals surface area contributed by atoms with Gasteiger partial charge in [-0.3, -0.25) is 14.9 Å². The molecule has 1 unspecified atom stereocenters. The van der Waals surface area contributed by atoms with Crippen molar-refractivity contribution in [1.29, 1.82) is 0 Å². The van der Waals surface area contributed by atoms with E-state index in [0.717, 1.165) is 5.56 Å². The molecule has 0 aromatic heterocycles. The Hall–Kier alpha value is -1.95. The Balaban J connectivity index is 2.42. The van der Waals surface area contributed by atoms with Gasteiger partial charge in [0, 0.05) is 12.1 Å². The van der Waals surface area contributed by atoms with Crippen molar-refractivity contribution in [3.63, 3.8) is 0 Å². The fourth-order valence-electron chi connectivity index (χ4n) is 1.30. The number of rotatable bonds is 6. The van der Waals surface area contributed by atoms with Crippen LogP contribution in [0.3, 0.4) is 0 Å². The molecule has 0 spiro atoms. The third kappa shape index (κ3) is 4.20. The van der Waals surface area contributed by atoms with Gasteiger partial charge in [-0.05, 0) is 25.5 Å². The van der Waals surface area contributed by atoms with E-state index in [4.69, 9.17) is 5.11 Å². The zero-order valence-electron chi connectivity index (χ0n) is 9.42. The molecule has 0 amide bonds. The first-order valence-corrected chi connectivity index (χ1v) is 5.20. The maximum Gasteiger partial charge on any atom is 0.320 e. The quantitative estimate of drug-likeness (QED) is 0.573. The van der Waals surface area contributed by atoms with Crippen LogP contribution in [0.25, 0.3) is 0 Å². The van der Waals surface area contributed by atoms with Gasteiger partial charge in [-0.1, -0.05) is 12.1 Å². The van der Waals surface area contributed by atoms with E-state index in [1.54, 1.807) is 19.1 Å². The number of nitrogens with zero attached hydrogens (tertiary/aromatic N) is 1. The number of nitro groups is 1. The second kappa shape index (κ2) is 5.95. The summed E-state index contributed by atoms with van der Waals surface area (Å²) in [7, 11) is 0. The first kappa shape index (κ1) is 13.1. The maximum absolute atomic E-state index is 10.5. The predicted molar refractivity (Wildman–Crippen MR) is 61.9 cm³/mol. The smallest absolute Gasteiger partial charge is 0.320 e. The van der Waals surface area contributed by atoms with Crippen molar-refractivity contribution in [2.75, 3.05) is 6.54 Å². The molecule has 1 aromatic rings. The molecule has 1 aromatic carbocycles. The average Bonchev–Trinajstić information content (AvgIpc) is 2.29. The van der Waals surface area contributed by atoms with Crippen LogP contribution in [0.5, 0.6) is 0 Å².